The molecular weight excluding hydrogens is 434 g/mol. The fourth-order valence-corrected chi connectivity index (χ4v) is 4.57. The van der Waals surface area contributed by atoms with Crippen molar-refractivity contribution in [2.75, 3.05) is 53.7 Å². The molecule has 172 valence electrons. The fourth-order valence-electron chi connectivity index (χ4n) is 3.04. The molecule has 0 radical (unpaired) electrons. The Balaban J connectivity index is 1.60. The molecule has 0 aliphatic carbocycles. The lowest BCUT2D eigenvalue weighted by Crippen LogP contribution is -2.48. The third-order valence-electron chi connectivity index (χ3n) is 4.66. The molecule has 2 amide bonds. The van der Waals surface area contributed by atoms with Crippen LogP contribution in [0.5, 0.6) is 11.5 Å². The minimum Gasteiger partial charge on any atom is -0.486 e. The van der Waals surface area contributed by atoms with Crippen molar-refractivity contribution in [2.45, 2.75) is 17.4 Å². The van der Waals surface area contributed by atoms with Gasteiger partial charge in [-0.3, -0.25) is 9.59 Å². The summed E-state index contributed by atoms with van der Waals surface area (Å²) in [6, 6.07) is 4.35. The van der Waals surface area contributed by atoms with Crippen LogP contribution in [-0.2, 0) is 33.8 Å². The molecular formula is C18H25N3O9S. The number of amides is 2. The maximum absolute atomic E-state index is 13.1. The quantitative estimate of drug-likeness (QED) is 0.357. The second-order valence-electron chi connectivity index (χ2n) is 6.57. The van der Waals surface area contributed by atoms with Gasteiger partial charge in [0.25, 0.3) is 0 Å². The van der Waals surface area contributed by atoms with Crippen LogP contribution >= 0.6 is 0 Å². The smallest absolute Gasteiger partial charge is 0.309 e. The number of hydrogen-bond acceptors (Lipinski definition) is 9. The molecule has 1 atom stereocenters. The van der Waals surface area contributed by atoms with E-state index >= 15 is 0 Å². The van der Waals surface area contributed by atoms with Crippen molar-refractivity contribution in [1.29, 1.82) is 0 Å². The van der Waals surface area contributed by atoms with E-state index in [2.05, 4.69) is 10.6 Å². The van der Waals surface area contributed by atoms with Crippen LogP contribution in [-0.4, -0.2) is 90.7 Å². The Bertz CT molecular complexity index is 905. The van der Waals surface area contributed by atoms with Gasteiger partial charge in [-0.05, 0) is 12.1 Å². The molecule has 31 heavy (non-hydrogen) atoms. The predicted octanol–water partition coefficient (Wildman–Crippen LogP) is -1.34. The minimum absolute atomic E-state index is 0.0153. The number of nitrogens with one attached hydrogen (secondary N) is 2. The Morgan fingerprint density at radius 3 is 2.48 bits per heavy atom. The first kappa shape index (κ1) is 23.2. The van der Waals surface area contributed by atoms with Gasteiger partial charge in [0, 0.05) is 26.8 Å². The third-order valence-corrected chi connectivity index (χ3v) is 6.55. The Kier molecular flexibility index (Phi) is 7.67. The van der Waals surface area contributed by atoms with Crippen molar-refractivity contribution in [2.24, 2.45) is 0 Å². The molecule has 1 aromatic carbocycles. The summed E-state index contributed by atoms with van der Waals surface area (Å²) < 4.78 is 53.5. The van der Waals surface area contributed by atoms with Crippen LogP contribution < -0.4 is 20.1 Å². The van der Waals surface area contributed by atoms with Crippen LogP contribution in [0.2, 0.25) is 0 Å². The second kappa shape index (κ2) is 10.2. The van der Waals surface area contributed by atoms with Gasteiger partial charge in [0.05, 0.1) is 24.6 Å². The number of carbonyl (C=O) groups is 2. The fraction of sp³-hybridized carbons (Fsp3) is 0.556. The molecule has 2 aliphatic rings. The molecule has 1 saturated heterocycles. The molecule has 0 bridgehead atoms. The highest BCUT2D eigenvalue weighted by molar-refractivity contribution is 7.89. The molecule has 1 aromatic rings. The van der Waals surface area contributed by atoms with E-state index in [0.29, 0.717) is 24.7 Å². The summed E-state index contributed by atoms with van der Waals surface area (Å²) in [5.41, 5.74) is 0. The second-order valence-corrected chi connectivity index (χ2v) is 8.46. The number of benzene rings is 1. The Labute approximate surface area is 179 Å². The maximum Gasteiger partial charge on any atom is 0.309 e. The average molecular weight is 459 g/mol. The van der Waals surface area contributed by atoms with E-state index in [4.69, 9.17) is 23.7 Å². The number of fused-ring (bicyclic) bond motifs is 1. The summed E-state index contributed by atoms with van der Waals surface area (Å²) in [7, 11) is -1.14. The van der Waals surface area contributed by atoms with Crippen molar-refractivity contribution in [1.82, 2.24) is 14.9 Å². The summed E-state index contributed by atoms with van der Waals surface area (Å²) in [5.74, 6) is -1.02. The Morgan fingerprint density at radius 2 is 1.77 bits per heavy atom. The first-order valence-electron chi connectivity index (χ1n) is 9.51. The van der Waals surface area contributed by atoms with Crippen LogP contribution in [0, 0.1) is 0 Å². The average Bonchev–Trinajstić information content (AvgIpc) is 3.27. The molecule has 2 aliphatic heterocycles. The van der Waals surface area contributed by atoms with E-state index in [1.165, 1.54) is 32.4 Å². The van der Waals surface area contributed by atoms with E-state index in [0.717, 1.165) is 4.31 Å². The van der Waals surface area contributed by atoms with Gasteiger partial charge in [-0.2, -0.15) is 4.31 Å². The number of nitrogens with zero attached hydrogens (tertiary/aromatic N) is 1. The van der Waals surface area contributed by atoms with E-state index in [9.17, 15) is 18.0 Å². The number of carbonyl (C=O) groups excluding carboxylic acids is 2. The number of hydrogen-bond donors (Lipinski definition) is 2. The minimum atomic E-state index is -3.93. The zero-order valence-electron chi connectivity index (χ0n) is 17.2. The standard InChI is InChI=1S/C18H25N3O9S/c1-26-16(27-2)11-20-18(23)17(22)19-10-15-21(5-6-30-15)31(24,25)12-3-4-13-14(9-12)29-8-7-28-13/h3-4,9,15-16H,5-8,10-11H2,1-2H3,(H,19,22)(H,20,23)/t15-/m0/s1. The van der Waals surface area contributed by atoms with Crippen molar-refractivity contribution >= 4 is 21.8 Å². The topological polar surface area (TPSA) is 142 Å². The Hall–Kier alpha value is -2.45. The molecule has 0 aromatic heterocycles. The summed E-state index contributed by atoms with van der Waals surface area (Å²) >= 11 is 0. The summed E-state index contributed by atoms with van der Waals surface area (Å²) in [6.07, 6.45) is -1.65. The number of ether oxygens (including phenoxy) is 5. The van der Waals surface area contributed by atoms with Gasteiger partial charge >= 0.3 is 11.8 Å². The van der Waals surface area contributed by atoms with Crippen LogP contribution in [0.1, 0.15) is 0 Å². The van der Waals surface area contributed by atoms with Gasteiger partial charge in [0.15, 0.2) is 17.8 Å². The third kappa shape index (κ3) is 5.43. The summed E-state index contributed by atoms with van der Waals surface area (Å²) in [4.78, 5) is 23.9. The molecule has 0 saturated carbocycles. The number of sulfonamides is 1. The normalized spacial score (nSPS) is 18.7. The summed E-state index contributed by atoms with van der Waals surface area (Å²) in [6.45, 7) is 0.756. The summed E-state index contributed by atoms with van der Waals surface area (Å²) in [5, 5.41) is 4.74. The van der Waals surface area contributed by atoms with E-state index in [1.807, 2.05) is 0 Å². The molecule has 2 N–H and O–H groups in total. The highest BCUT2D eigenvalue weighted by Crippen LogP contribution is 2.34. The lowest BCUT2D eigenvalue weighted by Gasteiger charge is -2.24. The highest BCUT2D eigenvalue weighted by Gasteiger charge is 2.37. The SMILES string of the molecule is COC(CNC(=O)C(=O)NC[C@@H]1OCCN1S(=O)(=O)c1ccc2c(c1)OCCO2)OC. The largest absolute Gasteiger partial charge is 0.486 e. The van der Waals surface area contributed by atoms with Gasteiger partial charge in [0.1, 0.15) is 19.4 Å². The van der Waals surface area contributed by atoms with Gasteiger partial charge in [-0.1, -0.05) is 0 Å². The molecule has 13 heteroatoms. The first-order chi connectivity index (χ1) is 14.9. The zero-order chi connectivity index (χ0) is 22.4. The number of methoxy groups -OCH3 is 2. The molecule has 2 heterocycles. The van der Waals surface area contributed by atoms with Gasteiger partial charge in [-0.15, -0.1) is 0 Å². The number of rotatable bonds is 8. The maximum atomic E-state index is 13.1. The monoisotopic (exact) mass is 459 g/mol. The molecule has 1 fully saturated rings. The van der Waals surface area contributed by atoms with Gasteiger partial charge in [-0.25, -0.2) is 8.42 Å². The van der Waals surface area contributed by atoms with Crippen LogP contribution in [0.25, 0.3) is 0 Å². The molecule has 3 rings (SSSR count). The van der Waals surface area contributed by atoms with Crippen molar-refractivity contribution in [3.8, 4) is 11.5 Å². The van der Waals surface area contributed by atoms with Gasteiger partial charge < -0.3 is 34.3 Å². The van der Waals surface area contributed by atoms with E-state index in [-0.39, 0.29) is 31.1 Å². The van der Waals surface area contributed by atoms with Crippen LogP contribution in [0.15, 0.2) is 23.1 Å². The zero-order valence-corrected chi connectivity index (χ0v) is 18.0. The molecule has 0 unspecified atom stereocenters. The molecule has 12 nitrogen and oxygen atoms in total. The van der Waals surface area contributed by atoms with Crippen LogP contribution in [0.3, 0.4) is 0 Å². The Morgan fingerprint density at radius 1 is 1.10 bits per heavy atom. The lowest BCUT2D eigenvalue weighted by atomic mass is 10.3. The van der Waals surface area contributed by atoms with Crippen LogP contribution in [0.4, 0.5) is 0 Å². The van der Waals surface area contributed by atoms with Gasteiger partial charge in [0.2, 0.25) is 10.0 Å². The van der Waals surface area contributed by atoms with Crippen molar-refractivity contribution in [3.63, 3.8) is 0 Å². The highest BCUT2D eigenvalue weighted by atomic mass is 32.2. The van der Waals surface area contributed by atoms with Crippen molar-refractivity contribution < 1.29 is 41.7 Å². The van der Waals surface area contributed by atoms with Crippen molar-refractivity contribution in [3.05, 3.63) is 18.2 Å². The lowest BCUT2D eigenvalue weighted by molar-refractivity contribution is -0.142. The van der Waals surface area contributed by atoms with E-state index in [1.54, 1.807) is 0 Å². The first-order valence-corrected chi connectivity index (χ1v) is 11.0. The molecule has 0 spiro atoms. The van der Waals surface area contributed by atoms with E-state index < -0.39 is 34.4 Å². The predicted molar refractivity (Wildman–Crippen MR) is 105 cm³/mol.